The zero-order chi connectivity index (χ0) is 19.3. The van der Waals surface area contributed by atoms with Gasteiger partial charge in [-0.25, -0.2) is 4.98 Å². The number of hydrogen-bond acceptors (Lipinski definition) is 3. The molecule has 0 spiro atoms. The van der Waals surface area contributed by atoms with Crippen molar-refractivity contribution in [2.45, 2.75) is 51.5 Å². The first-order valence-corrected chi connectivity index (χ1v) is 10.6. The Morgan fingerprint density at radius 3 is 2.54 bits per heavy atom. The van der Waals surface area contributed by atoms with Crippen LogP contribution in [0.4, 0.5) is 0 Å². The zero-order valence-electron chi connectivity index (χ0n) is 16.8. The van der Waals surface area contributed by atoms with Crippen LogP contribution in [0.25, 0.3) is 0 Å². The van der Waals surface area contributed by atoms with Gasteiger partial charge in [-0.05, 0) is 44.1 Å². The molecule has 28 heavy (non-hydrogen) atoms. The average molecular weight is 382 g/mol. The molecule has 0 saturated carbocycles. The maximum absolute atomic E-state index is 12.6. The highest BCUT2D eigenvalue weighted by Gasteiger charge is 2.26. The molecule has 1 aromatic heterocycles. The average Bonchev–Trinajstić information content (AvgIpc) is 3.10. The Kier molecular flexibility index (Phi) is 6.10. The quantitative estimate of drug-likeness (QED) is 0.795. The van der Waals surface area contributed by atoms with Crippen LogP contribution in [0.1, 0.15) is 48.7 Å². The predicted octanol–water partition coefficient (Wildman–Crippen LogP) is 3.57. The topological polar surface area (TPSA) is 47.4 Å². The minimum absolute atomic E-state index is 0.256. The molecule has 2 saturated heterocycles. The molecule has 150 valence electrons. The second-order valence-corrected chi connectivity index (χ2v) is 8.24. The van der Waals surface area contributed by atoms with Gasteiger partial charge >= 0.3 is 0 Å². The molecular formula is C23H31N3O2. The summed E-state index contributed by atoms with van der Waals surface area (Å²) in [7, 11) is 0. The number of likely N-dealkylation sites (tertiary alicyclic amines) is 1. The van der Waals surface area contributed by atoms with Gasteiger partial charge in [0.25, 0.3) is 0 Å². The fraction of sp³-hybridized carbons (Fsp3) is 0.565. The molecule has 2 aromatic rings. The van der Waals surface area contributed by atoms with E-state index in [9.17, 15) is 4.79 Å². The molecule has 2 fully saturated rings. The number of nitrogens with zero attached hydrogens (tertiary/aromatic N) is 3. The lowest BCUT2D eigenvalue weighted by molar-refractivity contribution is -0.131. The van der Waals surface area contributed by atoms with Crippen LogP contribution in [0.15, 0.2) is 36.5 Å². The van der Waals surface area contributed by atoms with Crippen molar-refractivity contribution in [1.29, 1.82) is 0 Å². The number of carbonyl (C=O) groups excluding carboxylic acids is 1. The van der Waals surface area contributed by atoms with Gasteiger partial charge in [0.1, 0.15) is 5.82 Å². The molecule has 4 rings (SSSR count). The summed E-state index contributed by atoms with van der Waals surface area (Å²) in [5.74, 6) is 2.64. The Morgan fingerprint density at radius 1 is 1.11 bits per heavy atom. The third kappa shape index (κ3) is 4.46. The summed E-state index contributed by atoms with van der Waals surface area (Å²) in [6.07, 6.45) is 6.83. The Balaban J connectivity index is 1.32. The molecule has 0 radical (unpaired) electrons. The molecule has 5 nitrogen and oxygen atoms in total. The minimum atomic E-state index is 0.256. The van der Waals surface area contributed by atoms with Crippen molar-refractivity contribution >= 4 is 5.91 Å². The summed E-state index contributed by atoms with van der Waals surface area (Å²) in [6, 6.07) is 10.1. The van der Waals surface area contributed by atoms with Gasteiger partial charge in [-0.1, -0.05) is 30.3 Å². The van der Waals surface area contributed by atoms with E-state index in [1.54, 1.807) is 0 Å². The lowest BCUT2D eigenvalue weighted by atomic mass is 9.95. The van der Waals surface area contributed by atoms with Crippen LogP contribution < -0.4 is 0 Å². The Hall–Kier alpha value is -2.14. The van der Waals surface area contributed by atoms with Gasteiger partial charge in [-0.3, -0.25) is 4.79 Å². The number of aryl methyl sites for hydroxylation is 1. The zero-order valence-corrected chi connectivity index (χ0v) is 16.8. The van der Waals surface area contributed by atoms with Gasteiger partial charge < -0.3 is 14.2 Å². The maximum atomic E-state index is 12.6. The van der Waals surface area contributed by atoms with Crippen molar-refractivity contribution in [2.24, 2.45) is 5.92 Å². The van der Waals surface area contributed by atoms with E-state index < -0.39 is 0 Å². The fourth-order valence-electron chi connectivity index (χ4n) is 4.50. The van der Waals surface area contributed by atoms with Crippen LogP contribution in [-0.4, -0.2) is 46.7 Å². The van der Waals surface area contributed by atoms with Crippen LogP contribution >= 0.6 is 0 Å². The molecule has 1 aromatic carbocycles. The Morgan fingerprint density at radius 2 is 1.82 bits per heavy atom. The van der Waals surface area contributed by atoms with E-state index in [-0.39, 0.29) is 5.91 Å². The molecule has 0 bridgehead atoms. The van der Waals surface area contributed by atoms with Gasteiger partial charge in [0.15, 0.2) is 0 Å². The first-order valence-electron chi connectivity index (χ1n) is 10.6. The number of hydrogen-bond donors (Lipinski definition) is 0. The number of amides is 1. The van der Waals surface area contributed by atoms with Gasteiger partial charge in [0.2, 0.25) is 5.91 Å². The summed E-state index contributed by atoms with van der Waals surface area (Å²) in [5.41, 5.74) is 2.36. The molecule has 2 aliphatic rings. The number of ether oxygens (including phenoxy) is 1. The van der Waals surface area contributed by atoms with E-state index in [4.69, 9.17) is 9.72 Å². The van der Waals surface area contributed by atoms with Crippen molar-refractivity contribution in [2.75, 3.05) is 26.3 Å². The maximum Gasteiger partial charge on any atom is 0.226 e. The number of benzene rings is 1. The van der Waals surface area contributed by atoms with Crippen molar-refractivity contribution < 1.29 is 9.53 Å². The normalized spacial score (nSPS) is 19.1. The summed E-state index contributed by atoms with van der Waals surface area (Å²) in [4.78, 5) is 19.4. The smallest absolute Gasteiger partial charge is 0.226 e. The fourth-order valence-corrected chi connectivity index (χ4v) is 4.50. The molecular weight excluding hydrogens is 350 g/mol. The SMILES string of the molecule is Cc1cnc(C2CCOCC2)n1CC1CCN(C(=O)Cc2ccccc2)CC1. The van der Waals surface area contributed by atoms with E-state index >= 15 is 0 Å². The molecule has 5 heteroatoms. The summed E-state index contributed by atoms with van der Waals surface area (Å²) in [5, 5.41) is 0. The van der Waals surface area contributed by atoms with Crippen molar-refractivity contribution in [3.8, 4) is 0 Å². The predicted molar refractivity (Wildman–Crippen MR) is 109 cm³/mol. The van der Waals surface area contributed by atoms with E-state index in [0.717, 1.165) is 64.1 Å². The highest BCUT2D eigenvalue weighted by atomic mass is 16.5. The summed E-state index contributed by atoms with van der Waals surface area (Å²) < 4.78 is 7.95. The third-order valence-electron chi connectivity index (χ3n) is 6.28. The third-order valence-corrected chi connectivity index (χ3v) is 6.28. The number of aromatic nitrogens is 2. The van der Waals surface area contributed by atoms with E-state index in [1.165, 1.54) is 11.5 Å². The van der Waals surface area contributed by atoms with Gasteiger partial charge in [0.05, 0.1) is 6.42 Å². The van der Waals surface area contributed by atoms with Crippen LogP contribution in [0.5, 0.6) is 0 Å². The molecule has 0 unspecified atom stereocenters. The van der Waals surface area contributed by atoms with Gasteiger partial charge in [0, 0.05) is 50.7 Å². The summed E-state index contributed by atoms with van der Waals surface area (Å²) in [6.45, 7) is 6.62. The van der Waals surface area contributed by atoms with Gasteiger partial charge in [-0.2, -0.15) is 0 Å². The molecule has 2 aliphatic heterocycles. The van der Waals surface area contributed by atoms with Crippen LogP contribution in [-0.2, 0) is 22.5 Å². The van der Waals surface area contributed by atoms with Crippen molar-refractivity contribution in [3.05, 3.63) is 53.6 Å². The molecule has 3 heterocycles. The second kappa shape index (κ2) is 8.91. The van der Waals surface area contributed by atoms with Crippen LogP contribution in [0.2, 0.25) is 0 Å². The van der Waals surface area contributed by atoms with Crippen molar-refractivity contribution in [1.82, 2.24) is 14.5 Å². The Bertz CT molecular complexity index is 772. The molecule has 0 aliphatic carbocycles. The van der Waals surface area contributed by atoms with Crippen LogP contribution in [0, 0.1) is 12.8 Å². The lowest BCUT2D eigenvalue weighted by Gasteiger charge is -2.33. The first-order chi connectivity index (χ1) is 13.7. The molecule has 0 atom stereocenters. The highest BCUT2D eigenvalue weighted by Crippen LogP contribution is 2.29. The Labute approximate surface area is 167 Å². The standard InChI is InChI=1S/C23H31N3O2/c1-18-16-24-23(21-9-13-28-14-10-21)26(18)17-20-7-11-25(12-8-20)22(27)15-19-5-3-2-4-6-19/h2-6,16,20-21H,7-15,17H2,1H3. The lowest BCUT2D eigenvalue weighted by Crippen LogP contribution is -2.40. The van der Waals surface area contributed by atoms with Gasteiger partial charge in [-0.15, -0.1) is 0 Å². The summed E-state index contributed by atoms with van der Waals surface area (Å²) >= 11 is 0. The monoisotopic (exact) mass is 381 g/mol. The van der Waals surface area contributed by atoms with Crippen LogP contribution in [0.3, 0.4) is 0 Å². The number of imidazole rings is 1. The van der Waals surface area contributed by atoms with E-state index in [2.05, 4.69) is 11.5 Å². The highest BCUT2D eigenvalue weighted by molar-refractivity contribution is 5.78. The minimum Gasteiger partial charge on any atom is -0.381 e. The second-order valence-electron chi connectivity index (χ2n) is 8.24. The number of piperidine rings is 1. The first kappa shape index (κ1) is 19.2. The largest absolute Gasteiger partial charge is 0.381 e. The number of carbonyl (C=O) groups is 1. The molecule has 0 N–H and O–H groups in total. The number of rotatable bonds is 5. The molecule has 1 amide bonds. The van der Waals surface area contributed by atoms with E-state index in [1.807, 2.05) is 41.4 Å². The van der Waals surface area contributed by atoms with Crippen molar-refractivity contribution in [3.63, 3.8) is 0 Å². The van der Waals surface area contributed by atoms with E-state index in [0.29, 0.717) is 18.3 Å².